The summed E-state index contributed by atoms with van der Waals surface area (Å²) in [6.45, 7) is 8.05. The van der Waals surface area contributed by atoms with Gasteiger partial charge in [-0.15, -0.1) is 0 Å². The minimum atomic E-state index is -0.497. The van der Waals surface area contributed by atoms with Crippen LogP contribution in [0.25, 0.3) is 0 Å². The second-order valence-electron chi connectivity index (χ2n) is 7.35. The molecular weight excluding hydrogens is 296 g/mol. The summed E-state index contributed by atoms with van der Waals surface area (Å²) < 4.78 is 0. The average molecular weight is 321 g/mol. The van der Waals surface area contributed by atoms with E-state index in [-0.39, 0.29) is 5.91 Å². The summed E-state index contributed by atoms with van der Waals surface area (Å²) in [5, 5.41) is 4.18. The van der Waals surface area contributed by atoms with Crippen molar-refractivity contribution in [1.29, 1.82) is 0 Å². The molecule has 2 fully saturated rings. The molecule has 3 rings (SSSR count). The largest absolute Gasteiger partial charge is 0.342 e. The molecule has 1 aromatic rings. The average Bonchev–Trinajstić information content (AvgIpc) is 2.96. The van der Waals surface area contributed by atoms with Gasteiger partial charge in [0.15, 0.2) is 0 Å². The summed E-state index contributed by atoms with van der Waals surface area (Å²) in [4.78, 5) is 15.0. The highest BCUT2D eigenvalue weighted by Gasteiger charge is 2.41. The standard InChI is InChI=1S/C18H25ClN2O/c1-17(2,14-3-5-15(19)6-4-14)16(22)21-11-8-18(9-12-21)7-10-20-13-18/h3-6,20H,7-13H2,1-2H3. The van der Waals surface area contributed by atoms with Gasteiger partial charge in [-0.3, -0.25) is 4.79 Å². The maximum absolute atomic E-state index is 13.0. The highest BCUT2D eigenvalue weighted by molar-refractivity contribution is 6.30. The van der Waals surface area contributed by atoms with Crippen LogP contribution in [0.4, 0.5) is 0 Å². The van der Waals surface area contributed by atoms with Gasteiger partial charge in [0.05, 0.1) is 5.41 Å². The minimum Gasteiger partial charge on any atom is -0.342 e. The zero-order chi connectivity index (χ0) is 15.8. The number of likely N-dealkylation sites (tertiary alicyclic amines) is 1. The molecule has 0 radical (unpaired) electrons. The third kappa shape index (κ3) is 2.89. The summed E-state index contributed by atoms with van der Waals surface area (Å²) in [6.07, 6.45) is 3.51. The topological polar surface area (TPSA) is 32.3 Å². The first-order valence-corrected chi connectivity index (χ1v) is 8.57. The molecule has 2 aliphatic rings. The van der Waals surface area contributed by atoms with Crippen LogP contribution in [0.5, 0.6) is 0 Å². The number of piperidine rings is 1. The number of amides is 1. The summed E-state index contributed by atoms with van der Waals surface area (Å²) in [5.41, 5.74) is 0.981. The van der Waals surface area contributed by atoms with Crippen LogP contribution in [0.15, 0.2) is 24.3 Å². The maximum Gasteiger partial charge on any atom is 0.232 e. The van der Waals surface area contributed by atoms with Crippen LogP contribution in [0.2, 0.25) is 5.02 Å². The molecule has 2 aliphatic heterocycles. The molecule has 0 atom stereocenters. The van der Waals surface area contributed by atoms with Crippen molar-refractivity contribution in [1.82, 2.24) is 10.2 Å². The van der Waals surface area contributed by atoms with Crippen LogP contribution < -0.4 is 5.32 Å². The number of carbonyl (C=O) groups is 1. The summed E-state index contributed by atoms with van der Waals surface area (Å²) in [7, 11) is 0. The molecule has 1 aromatic carbocycles. The van der Waals surface area contributed by atoms with E-state index in [0.29, 0.717) is 10.4 Å². The van der Waals surface area contributed by atoms with Gasteiger partial charge in [-0.25, -0.2) is 0 Å². The molecule has 4 heteroatoms. The molecule has 1 N–H and O–H groups in total. The molecular formula is C18H25ClN2O. The van der Waals surface area contributed by atoms with Gasteiger partial charge >= 0.3 is 0 Å². The molecule has 2 saturated heterocycles. The Morgan fingerprint density at radius 2 is 1.82 bits per heavy atom. The van der Waals surface area contributed by atoms with Gasteiger partial charge in [-0.1, -0.05) is 23.7 Å². The minimum absolute atomic E-state index is 0.232. The van der Waals surface area contributed by atoms with E-state index in [1.165, 1.54) is 6.42 Å². The van der Waals surface area contributed by atoms with Gasteiger partial charge in [0.25, 0.3) is 0 Å². The highest BCUT2D eigenvalue weighted by atomic mass is 35.5. The summed E-state index contributed by atoms with van der Waals surface area (Å²) >= 11 is 5.96. The zero-order valence-corrected chi connectivity index (χ0v) is 14.2. The lowest BCUT2D eigenvalue weighted by atomic mass is 9.76. The SMILES string of the molecule is CC(C)(C(=O)N1CCC2(CCNC2)CC1)c1ccc(Cl)cc1. The van der Waals surface area contributed by atoms with Crippen molar-refractivity contribution in [2.24, 2.45) is 5.41 Å². The smallest absolute Gasteiger partial charge is 0.232 e. The van der Waals surface area contributed by atoms with Crippen molar-refractivity contribution < 1.29 is 4.79 Å². The van der Waals surface area contributed by atoms with Gasteiger partial charge < -0.3 is 10.2 Å². The molecule has 1 spiro atoms. The predicted octanol–water partition coefficient (Wildman–Crippen LogP) is 3.22. The van der Waals surface area contributed by atoms with Gasteiger partial charge in [0.1, 0.15) is 0 Å². The Morgan fingerprint density at radius 3 is 2.36 bits per heavy atom. The number of nitrogens with one attached hydrogen (secondary N) is 1. The van der Waals surface area contributed by atoms with E-state index in [1.807, 2.05) is 38.1 Å². The Morgan fingerprint density at radius 1 is 1.18 bits per heavy atom. The molecule has 3 nitrogen and oxygen atoms in total. The summed E-state index contributed by atoms with van der Waals surface area (Å²) in [6, 6.07) is 7.65. The van der Waals surface area contributed by atoms with Crippen molar-refractivity contribution in [3.05, 3.63) is 34.9 Å². The maximum atomic E-state index is 13.0. The molecule has 0 bridgehead atoms. The Bertz CT molecular complexity index is 537. The van der Waals surface area contributed by atoms with Gasteiger partial charge in [-0.05, 0) is 62.8 Å². The lowest BCUT2D eigenvalue weighted by molar-refractivity contribution is -0.138. The number of nitrogens with zero attached hydrogens (tertiary/aromatic N) is 1. The van der Waals surface area contributed by atoms with Crippen molar-refractivity contribution in [3.8, 4) is 0 Å². The van der Waals surface area contributed by atoms with E-state index < -0.39 is 5.41 Å². The van der Waals surface area contributed by atoms with Crippen molar-refractivity contribution in [3.63, 3.8) is 0 Å². The van der Waals surface area contributed by atoms with E-state index in [1.54, 1.807) is 0 Å². The molecule has 0 saturated carbocycles. The van der Waals surface area contributed by atoms with Crippen molar-refractivity contribution in [2.75, 3.05) is 26.2 Å². The monoisotopic (exact) mass is 320 g/mol. The van der Waals surface area contributed by atoms with E-state index in [4.69, 9.17) is 11.6 Å². The lowest BCUT2D eigenvalue weighted by Gasteiger charge is -2.41. The molecule has 0 aromatic heterocycles. The molecule has 120 valence electrons. The number of halogens is 1. The van der Waals surface area contributed by atoms with Crippen LogP contribution >= 0.6 is 11.6 Å². The Kier molecular flexibility index (Phi) is 4.21. The van der Waals surface area contributed by atoms with Gasteiger partial charge in [0.2, 0.25) is 5.91 Å². The number of benzene rings is 1. The molecule has 2 heterocycles. The molecule has 0 aliphatic carbocycles. The fraction of sp³-hybridized carbons (Fsp3) is 0.611. The number of rotatable bonds is 2. The van der Waals surface area contributed by atoms with Crippen LogP contribution in [-0.2, 0) is 10.2 Å². The lowest BCUT2D eigenvalue weighted by Crippen LogP contribution is -2.49. The zero-order valence-electron chi connectivity index (χ0n) is 13.5. The van der Waals surface area contributed by atoms with Crippen LogP contribution in [0.1, 0.15) is 38.7 Å². The van der Waals surface area contributed by atoms with Crippen molar-refractivity contribution >= 4 is 17.5 Å². The van der Waals surface area contributed by atoms with Crippen LogP contribution in [0, 0.1) is 5.41 Å². The van der Waals surface area contributed by atoms with Crippen LogP contribution in [-0.4, -0.2) is 37.0 Å². The number of carbonyl (C=O) groups excluding carboxylic acids is 1. The van der Waals surface area contributed by atoms with E-state index in [0.717, 1.165) is 44.6 Å². The van der Waals surface area contributed by atoms with E-state index in [9.17, 15) is 4.79 Å². The Labute approximate surface area is 138 Å². The third-order valence-corrected chi connectivity index (χ3v) is 5.80. The van der Waals surface area contributed by atoms with E-state index >= 15 is 0 Å². The second kappa shape index (κ2) is 5.86. The fourth-order valence-electron chi connectivity index (χ4n) is 3.79. The predicted molar refractivity (Wildman–Crippen MR) is 90.2 cm³/mol. The first-order chi connectivity index (χ1) is 10.4. The molecule has 22 heavy (non-hydrogen) atoms. The normalized spacial score (nSPS) is 21.3. The Hall–Kier alpha value is -1.06. The summed E-state index contributed by atoms with van der Waals surface area (Å²) in [5.74, 6) is 0.232. The third-order valence-electron chi connectivity index (χ3n) is 5.54. The number of hydrogen-bond acceptors (Lipinski definition) is 2. The van der Waals surface area contributed by atoms with Gasteiger partial charge in [0, 0.05) is 24.7 Å². The second-order valence-corrected chi connectivity index (χ2v) is 7.79. The van der Waals surface area contributed by atoms with E-state index in [2.05, 4.69) is 10.2 Å². The van der Waals surface area contributed by atoms with Gasteiger partial charge in [-0.2, -0.15) is 0 Å². The van der Waals surface area contributed by atoms with Crippen LogP contribution in [0.3, 0.4) is 0 Å². The molecule has 0 unspecified atom stereocenters. The first kappa shape index (κ1) is 15.8. The van der Waals surface area contributed by atoms with Crippen molar-refractivity contribution in [2.45, 2.75) is 38.5 Å². The number of hydrogen-bond donors (Lipinski definition) is 1. The Balaban J connectivity index is 1.69. The highest BCUT2D eigenvalue weighted by Crippen LogP contribution is 2.38. The first-order valence-electron chi connectivity index (χ1n) is 8.19. The fourth-order valence-corrected chi connectivity index (χ4v) is 3.92. The quantitative estimate of drug-likeness (QED) is 0.907. The molecule has 1 amide bonds.